The molecule has 4 heteroatoms. The molecule has 1 heterocycles. The first-order valence-electron chi connectivity index (χ1n) is 3.30. The highest BCUT2D eigenvalue weighted by atomic mass is 15.5. The van der Waals surface area contributed by atoms with Gasteiger partial charge in [-0.1, -0.05) is 5.21 Å². The van der Waals surface area contributed by atoms with Gasteiger partial charge in [0.15, 0.2) is 0 Å². The van der Waals surface area contributed by atoms with Gasteiger partial charge in [-0.15, -0.1) is 5.10 Å². The van der Waals surface area contributed by atoms with E-state index in [1.807, 2.05) is 20.8 Å². The lowest BCUT2D eigenvalue weighted by Gasteiger charge is -2.04. The Morgan fingerprint density at radius 2 is 2.10 bits per heavy atom. The zero-order valence-corrected chi connectivity index (χ0v) is 6.50. The molecule has 0 saturated carbocycles. The summed E-state index contributed by atoms with van der Waals surface area (Å²) in [6.07, 6.45) is 0. The molecule has 0 spiro atoms. The average Bonchev–Trinajstić information content (AvgIpc) is 2.14. The molecule has 0 aliphatic rings. The van der Waals surface area contributed by atoms with Crippen molar-refractivity contribution in [3.63, 3.8) is 0 Å². The number of anilines is 1. The number of hydrogen-bond acceptors (Lipinski definition) is 3. The van der Waals surface area contributed by atoms with Gasteiger partial charge in [-0.2, -0.15) is 0 Å². The van der Waals surface area contributed by atoms with Gasteiger partial charge in [0.25, 0.3) is 0 Å². The summed E-state index contributed by atoms with van der Waals surface area (Å²) in [7, 11) is 0. The third-order valence-corrected chi connectivity index (χ3v) is 1.40. The second-order valence-electron chi connectivity index (χ2n) is 2.60. The van der Waals surface area contributed by atoms with Crippen LogP contribution in [-0.2, 0) is 0 Å². The summed E-state index contributed by atoms with van der Waals surface area (Å²) in [6, 6.07) is 0.293. The lowest BCUT2D eigenvalue weighted by atomic mass is 10.4. The van der Waals surface area contributed by atoms with Crippen molar-refractivity contribution in [2.75, 3.05) is 5.73 Å². The molecule has 4 nitrogen and oxygen atoms in total. The predicted molar refractivity (Wildman–Crippen MR) is 39.6 cm³/mol. The fourth-order valence-electron chi connectivity index (χ4n) is 0.762. The van der Waals surface area contributed by atoms with Gasteiger partial charge in [-0.25, -0.2) is 4.68 Å². The van der Waals surface area contributed by atoms with Crippen LogP contribution in [0.2, 0.25) is 0 Å². The number of rotatable bonds is 1. The molecular weight excluding hydrogens is 128 g/mol. The summed E-state index contributed by atoms with van der Waals surface area (Å²) >= 11 is 0. The monoisotopic (exact) mass is 140 g/mol. The Hall–Kier alpha value is -1.06. The normalized spacial score (nSPS) is 10.8. The van der Waals surface area contributed by atoms with E-state index in [4.69, 9.17) is 5.73 Å². The fraction of sp³-hybridized carbons (Fsp3) is 0.667. The van der Waals surface area contributed by atoms with E-state index >= 15 is 0 Å². The Bertz CT molecular complexity index is 226. The van der Waals surface area contributed by atoms with Crippen molar-refractivity contribution in [2.45, 2.75) is 26.8 Å². The van der Waals surface area contributed by atoms with Crippen LogP contribution in [0.3, 0.4) is 0 Å². The summed E-state index contributed by atoms with van der Waals surface area (Å²) in [5.74, 6) is 0.662. The zero-order valence-electron chi connectivity index (χ0n) is 6.50. The molecule has 1 aromatic heterocycles. The van der Waals surface area contributed by atoms with Gasteiger partial charge < -0.3 is 5.73 Å². The van der Waals surface area contributed by atoms with Crippen molar-refractivity contribution in [1.29, 1.82) is 0 Å². The van der Waals surface area contributed by atoms with E-state index in [2.05, 4.69) is 10.3 Å². The van der Waals surface area contributed by atoms with Gasteiger partial charge in [-0.3, -0.25) is 0 Å². The van der Waals surface area contributed by atoms with Crippen molar-refractivity contribution in [3.8, 4) is 0 Å². The van der Waals surface area contributed by atoms with Gasteiger partial charge >= 0.3 is 0 Å². The summed E-state index contributed by atoms with van der Waals surface area (Å²) < 4.78 is 1.70. The van der Waals surface area contributed by atoms with Gasteiger partial charge in [0.1, 0.15) is 11.5 Å². The van der Waals surface area contributed by atoms with Crippen LogP contribution in [0.1, 0.15) is 25.6 Å². The van der Waals surface area contributed by atoms with Crippen LogP contribution < -0.4 is 5.73 Å². The van der Waals surface area contributed by atoms with Crippen LogP contribution in [0.15, 0.2) is 0 Å². The molecule has 1 aromatic rings. The van der Waals surface area contributed by atoms with Gasteiger partial charge in [0.2, 0.25) is 0 Å². The second-order valence-corrected chi connectivity index (χ2v) is 2.60. The molecular formula is C6H12N4. The minimum absolute atomic E-state index is 0.293. The first-order chi connectivity index (χ1) is 4.63. The summed E-state index contributed by atoms with van der Waals surface area (Å²) in [5, 5.41) is 7.68. The fourth-order valence-corrected chi connectivity index (χ4v) is 0.762. The molecule has 0 bridgehead atoms. The second kappa shape index (κ2) is 2.28. The highest BCUT2D eigenvalue weighted by Gasteiger charge is 2.06. The Morgan fingerprint density at radius 3 is 2.30 bits per heavy atom. The van der Waals surface area contributed by atoms with Crippen molar-refractivity contribution < 1.29 is 0 Å². The predicted octanol–water partition coefficient (Wildman–Crippen LogP) is 0.750. The standard InChI is InChI=1S/C6H12N4/c1-4(2)10-6(7)5(3)8-9-10/h4H,7H2,1-3H3. The highest BCUT2D eigenvalue weighted by Crippen LogP contribution is 2.11. The Labute approximate surface area is 60.0 Å². The number of hydrogen-bond donors (Lipinski definition) is 1. The molecule has 56 valence electrons. The van der Waals surface area contributed by atoms with Crippen molar-refractivity contribution >= 4 is 5.82 Å². The van der Waals surface area contributed by atoms with E-state index in [0.29, 0.717) is 11.9 Å². The largest absolute Gasteiger partial charge is 0.382 e. The van der Waals surface area contributed by atoms with E-state index < -0.39 is 0 Å². The number of nitrogen functional groups attached to an aromatic ring is 1. The topological polar surface area (TPSA) is 56.7 Å². The molecule has 10 heavy (non-hydrogen) atoms. The number of nitrogens with zero attached hydrogens (tertiary/aromatic N) is 3. The molecule has 0 radical (unpaired) electrons. The van der Waals surface area contributed by atoms with Crippen LogP contribution in [0, 0.1) is 6.92 Å². The molecule has 0 aliphatic carbocycles. The van der Waals surface area contributed by atoms with E-state index in [1.165, 1.54) is 0 Å². The quantitative estimate of drug-likeness (QED) is 0.626. The Kier molecular flexibility index (Phi) is 1.61. The first kappa shape index (κ1) is 7.05. The van der Waals surface area contributed by atoms with Gasteiger partial charge in [-0.05, 0) is 20.8 Å². The van der Waals surface area contributed by atoms with E-state index in [-0.39, 0.29) is 0 Å². The van der Waals surface area contributed by atoms with Crippen LogP contribution in [0.4, 0.5) is 5.82 Å². The Balaban J connectivity index is 3.05. The molecule has 0 saturated heterocycles. The molecule has 0 atom stereocenters. The average molecular weight is 140 g/mol. The minimum atomic E-state index is 0.293. The van der Waals surface area contributed by atoms with Crippen LogP contribution in [0.25, 0.3) is 0 Å². The molecule has 0 aromatic carbocycles. The molecule has 0 aliphatic heterocycles. The zero-order chi connectivity index (χ0) is 7.72. The number of nitrogens with two attached hydrogens (primary N) is 1. The maximum Gasteiger partial charge on any atom is 0.145 e. The number of aromatic nitrogens is 3. The smallest absolute Gasteiger partial charge is 0.145 e. The van der Waals surface area contributed by atoms with E-state index in [0.717, 1.165) is 5.69 Å². The molecule has 0 amide bonds. The third kappa shape index (κ3) is 0.964. The van der Waals surface area contributed by atoms with Gasteiger partial charge in [0.05, 0.1) is 6.04 Å². The van der Waals surface area contributed by atoms with Crippen LogP contribution in [0.5, 0.6) is 0 Å². The maximum absolute atomic E-state index is 5.64. The van der Waals surface area contributed by atoms with Crippen molar-refractivity contribution in [3.05, 3.63) is 5.69 Å². The summed E-state index contributed by atoms with van der Waals surface area (Å²) in [5.41, 5.74) is 6.44. The SMILES string of the molecule is Cc1nnn(C(C)C)c1N. The molecule has 0 unspecified atom stereocenters. The number of aryl methyl sites for hydroxylation is 1. The summed E-state index contributed by atoms with van der Waals surface area (Å²) in [4.78, 5) is 0. The molecule has 0 fully saturated rings. The lowest BCUT2D eigenvalue weighted by Crippen LogP contribution is -2.07. The summed E-state index contributed by atoms with van der Waals surface area (Å²) in [6.45, 7) is 5.89. The van der Waals surface area contributed by atoms with E-state index in [1.54, 1.807) is 4.68 Å². The van der Waals surface area contributed by atoms with Crippen LogP contribution in [-0.4, -0.2) is 15.0 Å². The maximum atomic E-state index is 5.64. The van der Waals surface area contributed by atoms with Crippen LogP contribution >= 0.6 is 0 Å². The van der Waals surface area contributed by atoms with Crippen molar-refractivity contribution in [2.24, 2.45) is 0 Å². The minimum Gasteiger partial charge on any atom is -0.382 e. The highest BCUT2D eigenvalue weighted by molar-refractivity contribution is 5.32. The third-order valence-electron chi connectivity index (χ3n) is 1.40. The van der Waals surface area contributed by atoms with Crippen molar-refractivity contribution in [1.82, 2.24) is 15.0 Å². The van der Waals surface area contributed by atoms with Gasteiger partial charge in [0, 0.05) is 0 Å². The first-order valence-corrected chi connectivity index (χ1v) is 3.30. The van der Waals surface area contributed by atoms with E-state index in [9.17, 15) is 0 Å². The molecule has 1 rings (SSSR count). The lowest BCUT2D eigenvalue weighted by molar-refractivity contribution is 0.521. The molecule has 2 N–H and O–H groups in total. The Morgan fingerprint density at radius 1 is 1.50 bits per heavy atom.